The van der Waals surface area contributed by atoms with E-state index in [2.05, 4.69) is 0 Å². The summed E-state index contributed by atoms with van der Waals surface area (Å²) in [5, 5.41) is 0.999. The number of anilines is 2. The topological polar surface area (TPSA) is 76.2 Å². The first-order chi connectivity index (χ1) is 19.8. The second-order valence-electron chi connectivity index (χ2n) is 8.86. The van der Waals surface area contributed by atoms with Gasteiger partial charge in [0.25, 0.3) is 11.8 Å². The van der Waals surface area contributed by atoms with Crippen LogP contribution in [-0.4, -0.2) is 25.0 Å². The van der Waals surface area contributed by atoms with Gasteiger partial charge in [-0.2, -0.15) is 0 Å². The number of nitrogens with zero attached hydrogens (tertiary/aromatic N) is 2. The molecule has 5 rings (SSSR count). The highest BCUT2D eigenvalue weighted by Gasteiger charge is 2.43. The smallest absolute Gasteiger partial charge is 0.343 e. The van der Waals surface area contributed by atoms with Gasteiger partial charge in [-0.15, -0.1) is 0 Å². The van der Waals surface area contributed by atoms with Gasteiger partial charge < -0.3 is 9.47 Å². The molecular weight excluding hydrogens is 587 g/mol. The molecule has 0 radical (unpaired) electrons. The summed E-state index contributed by atoms with van der Waals surface area (Å²) in [6.07, 6.45) is 1.38. The first kappa shape index (κ1) is 28.2. The summed E-state index contributed by atoms with van der Waals surface area (Å²) in [6, 6.07) is 24.2. The fourth-order valence-electron chi connectivity index (χ4n) is 4.25. The molecule has 1 aliphatic heterocycles. The number of ether oxygens (including phenoxy) is 2. The van der Waals surface area contributed by atoms with E-state index in [4.69, 9.17) is 44.3 Å². The highest BCUT2D eigenvalue weighted by molar-refractivity contribution is 6.46. The van der Waals surface area contributed by atoms with Crippen LogP contribution in [0, 0.1) is 0 Å². The SMILES string of the molecule is COc1cc(C=C2C(=O)N(c3ccccc3)C(=O)N(c3ccccc3)C2=O)cc(Cl)c1OCc1ccc(Cl)c(Cl)c1. The summed E-state index contributed by atoms with van der Waals surface area (Å²) < 4.78 is 11.4. The molecule has 4 aromatic rings. The van der Waals surface area contributed by atoms with Gasteiger partial charge in [-0.1, -0.05) is 77.3 Å². The van der Waals surface area contributed by atoms with Crippen molar-refractivity contribution >= 4 is 70.1 Å². The number of hydrogen-bond donors (Lipinski definition) is 0. The Bertz CT molecular complexity index is 1610. The minimum absolute atomic E-state index is 0.130. The number of para-hydroxylation sites is 2. The molecule has 10 heteroatoms. The van der Waals surface area contributed by atoms with Crippen LogP contribution in [0.25, 0.3) is 6.08 Å². The molecule has 1 fully saturated rings. The fraction of sp³-hybridized carbons (Fsp3) is 0.0645. The van der Waals surface area contributed by atoms with Gasteiger partial charge >= 0.3 is 6.03 Å². The molecule has 0 unspecified atom stereocenters. The molecule has 0 N–H and O–H groups in total. The number of imide groups is 2. The number of amides is 4. The second-order valence-corrected chi connectivity index (χ2v) is 10.1. The van der Waals surface area contributed by atoms with Crippen LogP contribution in [0.1, 0.15) is 11.1 Å². The highest BCUT2D eigenvalue weighted by atomic mass is 35.5. The summed E-state index contributed by atoms with van der Waals surface area (Å²) >= 11 is 18.7. The molecule has 41 heavy (non-hydrogen) atoms. The van der Waals surface area contributed by atoms with E-state index in [-0.39, 0.29) is 28.7 Å². The zero-order chi connectivity index (χ0) is 29.1. The maximum absolute atomic E-state index is 13.6. The minimum Gasteiger partial charge on any atom is -0.493 e. The number of rotatable bonds is 7. The molecule has 7 nitrogen and oxygen atoms in total. The highest BCUT2D eigenvalue weighted by Crippen LogP contribution is 2.38. The first-order valence-electron chi connectivity index (χ1n) is 12.3. The third kappa shape index (κ3) is 5.79. The molecule has 0 aliphatic carbocycles. The molecule has 4 aromatic carbocycles. The average molecular weight is 608 g/mol. The molecule has 206 valence electrons. The van der Waals surface area contributed by atoms with E-state index in [9.17, 15) is 14.4 Å². The summed E-state index contributed by atoms with van der Waals surface area (Å²) in [4.78, 5) is 42.7. The van der Waals surface area contributed by atoms with Crippen LogP contribution in [0.2, 0.25) is 15.1 Å². The maximum atomic E-state index is 13.6. The van der Waals surface area contributed by atoms with Crippen LogP contribution < -0.4 is 19.3 Å². The molecule has 1 heterocycles. The van der Waals surface area contributed by atoms with Gasteiger partial charge in [0.2, 0.25) is 0 Å². The molecule has 1 aliphatic rings. The van der Waals surface area contributed by atoms with E-state index in [0.29, 0.717) is 27.0 Å². The van der Waals surface area contributed by atoms with Gasteiger partial charge in [-0.05, 0) is 65.7 Å². The van der Waals surface area contributed by atoms with E-state index in [0.717, 1.165) is 15.4 Å². The van der Waals surface area contributed by atoms with E-state index >= 15 is 0 Å². The summed E-state index contributed by atoms with van der Waals surface area (Å²) in [7, 11) is 1.44. The molecule has 0 saturated carbocycles. The van der Waals surface area contributed by atoms with Crippen molar-refractivity contribution in [2.24, 2.45) is 0 Å². The number of benzene rings is 4. The average Bonchev–Trinajstić information content (AvgIpc) is 2.97. The van der Waals surface area contributed by atoms with Crippen LogP contribution >= 0.6 is 34.8 Å². The van der Waals surface area contributed by atoms with Crippen molar-refractivity contribution in [3.8, 4) is 11.5 Å². The van der Waals surface area contributed by atoms with Crippen LogP contribution in [0.3, 0.4) is 0 Å². The normalized spacial score (nSPS) is 13.5. The van der Waals surface area contributed by atoms with Gasteiger partial charge in [-0.3, -0.25) is 9.59 Å². The van der Waals surface area contributed by atoms with Gasteiger partial charge in [0.05, 0.1) is 33.6 Å². The standard InChI is InChI=1S/C31H21Cl3N2O5/c1-40-27-17-20(16-26(34)28(27)41-18-19-12-13-24(32)25(33)15-19)14-23-29(37)35(21-8-4-2-5-9-21)31(39)36(30(23)38)22-10-6-3-7-11-22/h2-17H,18H2,1H3. The zero-order valence-electron chi connectivity index (χ0n) is 21.5. The van der Waals surface area contributed by atoms with Crippen LogP contribution in [0.5, 0.6) is 11.5 Å². The Kier molecular flexibility index (Phi) is 8.31. The minimum atomic E-state index is -0.781. The van der Waals surface area contributed by atoms with Gasteiger partial charge in [0.15, 0.2) is 11.5 Å². The summed E-state index contributed by atoms with van der Waals surface area (Å²) in [5.41, 5.74) is 1.56. The molecule has 0 atom stereocenters. The molecule has 0 spiro atoms. The van der Waals surface area contributed by atoms with E-state index < -0.39 is 17.8 Å². The van der Waals surface area contributed by atoms with E-state index in [1.165, 1.54) is 19.3 Å². The van der Waals surface area contributed by atoms with Gasteiger partial charge in [-0.25, -0.2) is 14.6 Å². The van der Waals surface area contributed by atoms with Crippen LogP contribution in [-0.2, 0) is 16.2 Å². The lowest BCUT2D eigenvalue weighted by Crippen LogP contribution is -2.57. The number of carbonyl (C=O) groups excluding carboxylic acids is 3. The number of barbiturate groups is 1. The lowest BCUT2D eigenvalue weighted by molar-refractivity contribution is -0.121. The summed E-state index contributed by atoms with van der Waals surface area (Å²) in [6.45, 7) is 0.130. The second kappa shape index (κ2) is 12.1. The number of urea groups is 1. The lowest BCUT2D eigenvalue weighted by Gasteiger charge is -2.34. The molecular formula is C31H21Cl3N2O5. The van der Waals surface area contributed by atoms with Gasteiger partial charge in [0.1, 0.15) is 12.2 Å². The van der Waals surface area contributed by atoms with Crippen molar-refractivity contribution in [2.45, 2.75) is 6.61 Å². The Morgan fingerprint density at radius 2 is 1.29 bits per heavy atom. The van der Waals surface area contributed by atoms with Gasteiger partial charge in [0, 0.05) is 0 Å². The van der Waals surface area contributed by atoms with E-state index in [1.54, 1.807) is 84.9 Å². The molecule has 1 saturated heterocycles. The molecule has 4 amide bonds. The fourth-order valence-corrected chi connectivity index (χ4v) is 4.85. The summed E-state index contributed by atoms with van der Waals surface area (Å²) in [5.74, 6) is -1.01. The monoisotopic (exact) mass is 606 g/mol. The largest absolute Gasteiger partial charge is 0.493 e. The van der Waals surface area contributed by atoms with Crippen molar-refractivity contribution in [3.05, 3.63) is 123 Å². The molecule has 0 bridgehead atoms. The quantitative estimate of drug-likeness (QED) is 0.158. The Morgan fingerprint density at radius 1 is 0.707 bits per heavy atom. The Hall–Kier alpha value is -4.30. The maximum Gasteiger partial charge on any atom is 0.343 e. The molecule has 0 aromatic heterocycles. The van der Waals surface area contributed by atoms with Crippen molar-refractivity contribution in [1.29, 1.82) is 0 Å². The lowest BCUT2D eigenvalue weighted by atomic mass is 10.0. The zero-order valence-corrected chi connectivity index (χ0v) is 23.8. The van der Waals surface area contributed by atoms with Crippen molar-refractivity contribution in [3.63, 3.8) is 0 Å². The number of hydrogen-bond acceptors (Lipinski definition) is 5. The Balaban J connectivity index is 1.53. The number of halogens is 3. The Labute approximate surface area is 251 Å². The van der Waals surface area contributed by atoms with Crippen LogP contribution in [0.4, 0.5) is 16.2 Å². The number of methoxy groups -OCH3 is 1. The van der Waals surface area contributed by atoms with Crippen molar-refractivity contribution in [2.75, 3.05) is 16.9 Å². The predicted molar refractivity (Wildman–Crippen MR) is 160 cm³/mol. The number of carbonyl (C=O) groups is 3. The van der Waals surface area contributed by atoms with E-state index in [1.807, 2.05) is 0 Å². The first-order valence-corrected chi connectivity index (χ1v) is 13.4. The van der Waals surface area contributed by atoms with Crippen LogP contribution in [0.15, 0.2) is 96.6 Å². The third-order valence-electron chi connectivity index (χ3n) is 6.21. The Morgan fingerprint density at radius 3 is 1.83 bits per heavy atom. The van der Waals surface area contributed by atoms with Crippen molar-refractivity contribution < 1.29 is 23.9 Å². The van der Waals surface area contributed by atoms with Crippen molar-refractivity contribution in [1.82, 2.24) is 0 Å². The predicted octanol–water partition coefficient (Wildman–Crippen LogP) is 7.82. The third-order valence-corrected chi connectivity index (χ3v) is 7.23.